The highest BCUT2D eigenvalue weighted by molar-refractivity contribution is 7.89. The van der Waals surface area contributed by atoms with Crippen molar-refractivity contribution >= 4 is 20.0 Å². The summed E-state index contributed by atoms with van der Waals surface area (Å²) in [4.78, 5) is -0.819. The predicted octanol–water partition coefficient (Wildman–Crippen LogP) is 0.971. The van der Waals surface area contributed by atoms with Crippen molar-refractivity contribution in [2.24, 2.45) is 0 Å². The number of rotatable bonds is 3. The molecule has 0 aromatic heterocycles. The first-order valence-electron chi connectivity index (χ1n) is 6.55. The van der Waals surface area contributed by atoms with E-state index in [1.165, 1.54) is 6.07 Å². The molecule has 0 N–H and O–H groups in total. The van der Waals surface area contributed by atoms with E-state index in [-0.39, 0.29) is 26.2 Å². The fraction of sp³-hybridized carbons (Fsp3) is 0.500. The molecule has 23 heavy (non-hydrogen) atoms. The van der Waals surface area contributed by atoms with Gasteiger partial charge in [0.15, 0.2) is 0 Å². The Balaban J connectivity index is 2.32. The molecular formula is C12H15F3N2O4S2. The monoisotopic (exact) mass is 372 g/mol. The largest absolute Gasteiger partial charge is 0.417 e. The number of piperazine rings is 1. The van der Waals surface area contributed by atoms with Gasteiger partial charge in [-0.05, 0) is 12.1 Å². The van der Waals surface area contributed by atoms with E-state index in [1.54, 1.807) is 0 Å². The lowest BCUT2D eigenvalue weighted by Crippen LogP contribution is -2.50. The van der Waals surface area contributed by atoms with E-state index >= 15 is 0 Å². The molecule has 1 heterocycles. The van der Waals surface area contributed by atoms with Gasteiger partial charge in [0.25, 0.3) is 0 Å². The zero-order chi connectivity index (χ0) is 17.5. The lowest BCUT2D eigenvalue weighted by Gasteiger charge is -2.32. The summed E-state index contributed by atoms with van der Waals surface area (Å²) < 4.78 is 88.7. The molecule has 1 aromatic rings. The van der Waals surface area contributed by atoms with E-state index in [0.717, 1.165) is 27.0 Å². The third-order valence-corrected chi connectivity index (χ3v) is 6.74. The van der Waals surface area contributed by atoms with Crippen molar-refractivity contribution in [3.8, 4) is 0 Å². The van der Waals surface area contributed by atoms with Crippen LogP contribution in [0.5, 0.6) is 0 Å². The second-order valence-electron chi connectivity index (χ2n) is 5.06. The van der Waals surface area contributed by atoms with Crippen LogP contribution in [-0.2, 0) is 26.2 Å². The fourth-order valence-electron chi connectivity index (χ4n) is 2.31. The number of hydrogen-bond donors (Lipinski definition) is 0. The molecule has 130 valence electrons. The molecule has 1 aromatic carbocycles. The van der Waals surface area contributed by atoms with Crippen LogP contribution in [0.2, 0.25) is 0 Å². The minimum atomic E-state index is -4.79. The summed E-state index contributed by atoms with van der Waals surface area (Å²) in [7, 11) is -7.81. The van der Waals surface area contributed by atoms with Crippen molar-refractivity contribution in [3.05, 3.63) is 29.8 Å². The van der Waals surface area contributed by atoms with Gasteiger partial charge >= 0.3 is 6.18 Å². The van der Waals surface area contributed by atoms with Crippen LogP contribution < -0.4 is 0 Å². The highest BCUT2D eigenvalue weighted by Gasteiger charge is 2.39. The molecule has 1 aliphatic rings. The number of sulfonamides is 2. The van der Waals surface area contributed by atoms with Crippen LogP contribution in [0.25, 0.3) is 0 Å². The van der Waals surface area contributed by atoms with Gasteiger partial charge in [0.1, 0.15) is 0 Å². The minimum absolute atomic E-state index is 0.0910. The molecule has 0 bridgehead atoms. The average molecular weight is 372 g/mol. The molecule has 1 fully saturated rings. The molecule has 0 aliphatic carbocycles. The molecule has 2 rings (SSSR count). The first-order valence-corrected chi connectivity index (χ1v) is 9.84. The lowest BCUT2D eigenvalue weighted by molar-refractivity contribution is -0.139. The van der Waals surface area contributed by atoms with Crippen molar-refractivity contribution in [1.29, 1.82) is 0 Å². The predicted molar refractivity (Wildman–Crippen MR) is 76.6 cm³/mol. The van der Waals surface area contributed by atoms with Crippen LogP contribution in [-0.4, -0.2) is 57.9 Å². The first-order chi connectivity index (χ1) is 10.4. The number of hydrogen-bond acceptors (Lipinski definition) is 4. The summed E-state index contributed by atoms with van der Waals surface area (Å²) in [6.45, 7) is -0.568. The van der Waals surface area contributed by atoms with E-state index in [9.17, 15) is 30.0 Å². The molecule has 0 radical (unpaired) electrons. The average Bonchev–Trinajstić information content (AvgIpc) is 2.45. The summed E-state index contributed by atoms with van der Waals surface area (Å²) in [5, 5.41) is 0. The molecule has 1 aliphatic heterocycles. The number of benzene rings is 1. The highest BCUT2D eigenvalue weighted by atomic mass is 32.2. The van der Waals surface area contributed by atoms with Gasteiger partial charge in [0.2, 0.25) is 20.0 Å². The molecule has 0 unspecified atom stereocenters. The topological polar surface area (TPSA) is 74.8 Å². The lowest BCUT2D eigenvalue weighted by atomic mass is 10.2. The normalized spacial score (nSPS) is 19.0. The Morgan fingerprint density at radius 2 is 1.39 bits per heavy atom. The maximum absolute atomic E-state index is 13.0. The summed E-state index contributed by atoms with van der Waals surface area (Å²) >= 11 is 0. The van der Waals surface area contributed by atoms with E-state index < -0.39 is 36.7 Å². The summed E-state index contributed by atoms with van der Waals surface area (Å²) in [5.74, 6) is 0. The van der Waals surface area contributed by atoms with Crippen LogP contribution in [0.4, 0.5) is 13.2 Å². The fourth-order valence-corrected chi connectivity index (χ4v) is 4.77. The number of alkyl halides is 3. The van der Waals surface area contributed by atoms with Gasteiger partial charge in [-0.15, -0.1) is 0 Å². The molecule has 11 heteroatoms. The minimum Gasteiger partial charge on any atom is -0.213 e. The summed E-state index contributed by atoms with van der Waals surface area (Å²) in [5.41, 5.74) is -1.23. The third kappa shape index (κ3) is 3.84. The van der Waals surface area contributed by atoms with Gasteiger partial charge in [0, 0.05) is 26.2 Å². The van der Waals surface area contributed by atoms with Gasteiger partial charge in [-0.1, -0.05) is 12.1 Å². The SMILES string of the molecule is CS(=O)(=O)N1CCN(S(=O)(=O)c2ccccc2C(F)(F)F)CC1. The Labute approximate surface area is 132 Å². The van der Waals surface area contributed by atoms with E-state index in [1.807, 2.05) is 0 Å². The number of halogens is 3. The molecule has 0 spiro atoms. The standard InChI is InChI=1S/C12H15F3N2O4S2/c1-22(18,19)16-6-8-17(9-7-16)23(20,21)11-5-3-2-4-10(11)12(13,14)15/h2-5H,6-9H2,1H3. The van der Waals surface area contributed by atoms with Gasteiger partial charge < -0.3 is 0 Å². The smallest absolute Gasteiger partial charge is 0.213 e. The summed E-state index contributed by atoms with van der Waals surface area (Å²) in [6, 6.07) is 3.94. The second kappa shape index (κ2) is 6.04. The maximum atomic E-state index is 13.0. The van der Waals surface area contributed by atoms with Crippen molar-refractivity contribution in [2.75, 3.05) is 32.4 Å². The van der Waals surface area contributed by atoms with Crippen molar-refractivity contribution in [2.45, 2.75) is 11.1 Å². The van der Waals surface area contributed by atoms with Crippen LogP contribution in [0.1, 0.15) is 5.56 Å². The van der Waals surface area contributed by atoms with E-state index in [2.05, 4.69) is 0 Å². The molecule has 0 saturated carbocycles. The molecule has 0 amide bonds. The molecule has 6 nitrogen and oxygen atoms in total. The first kappa shape index (κ1) is 18.2. The van der Waals surface area contributed by atoms with Crippen molar-refractivity contribution in [1.82, 2.24) is 8.61 Å². The zero-order valence-electron chi connectivity index (χ0n) is 12.1. The Hall–Kier alpha value is -1.17. The molecular weight excluding hydrogens is 357 g/mol. The Morgan fingerprint density at radius 3 is 1.87 bits per heavy atom. The van der Waals surface area contributed by atoms with Crippen LogP contribution in [0, 0.1) is 0 Å². The van der Waals surface area contributed by atoms with Gasteiger partial charge in [0.05, 0.1) is 16.7 Å². The molecule has 1 saturated heterocycles. The Bertz CT molecular complexity index is 783. The van der Waals surface area contributed by atoms with Crippen LogP contribution >= 0.6 is 0 Å². The van der Waals surface area contributed by atoms with Gasteiger partial charge in [-0.25, -0.2) is 16.8 Å². The Morgan fingerprint density at radius 1 is 0.913 bits per heavy atom. The maximum Gasteiger partial charge on any atom is 0.417 e. The Kier molecular flexibility index (Phi) is 4.77. The van der Waals surface area contributed by atoms with Crippen LogP contribution in [0.15, 0.2) is 29.2 Å². The van der Waals surface area contributed by atoms with Gasteiger partial charge in [-0.2, -0.15) is 21.8 Å². The summed E-state index contributed by atoms with van der Waals surface area (Å²) in [6.07, 6.45) is -3.80. The van der Waals surface area contributed by atoms with Crippen molar-refractivity contribution in [3.63, 3.8) is 0 Å². The van der Waals surface area contributed by atoms with Gasteiger partial charge in [-0.3, -0.25) is 0 Å². The third-order valence-electron chi connectivity index (χ3n) is 3.48. The zero-order valence-corrected chi connectivity index (χ0v) is 13.7. The molecule has 0 atom stereocenters. The number of nitrogens with zero attached hydrogens (tertiary/aromatic N) is 2. The van der Waals surface area contributed by atoms with E-state index in [4.69, 9.17) is 0 Å². The van der Waals surface area contributed by atoms with Crippen molar-refractivity contribution < 1.29 is 30.0 Å². The quantitative estimate of drug-likeness (QED) is 0.793. The highest BCUT2D eigenvalue weighted by Crippen LogP contribution is 2.35. The van der Waals surface area contributed by atoms with E-state index in [0.29, 0.717) is 6.07 Å². The van der Waals surface area contributed by atoms with Crippen LogP contribution in [0.3, 0.4) is 0 Å². The second-order valence-corrected chi connectivity index (χ2v) is 8.95.